The van der Waals surface area contributed by atoms with Crippen LogP contribution in [0.2, 0.25) is 0 Å². The lowest BCUT2D eigenvalue weighted by atomic mass is 10.1. The van der Waals surface area contributed by atoms with Crippen LogP contribution in [0.3, 0.4) is 0 Å². The van der Waals surface area contributed by atoms with E-state index in [1.807, 2.05) is 19.1 Å². The summed E-state index contributed by atoms with van der Waals surface area (Å²) in [6, 6.07) is 7.07. The summed E-state index contributed by atoms with van der Waals surface area (Å²) in [4.78, 5) is 29.6. The average molecular weight is 313 g/mol. The highest BCUT2D eigenvalue weighted by atomic mass is 16.2. The Balaban J connectivity index is 1.60. The zero-order chi connectivity index (χ0) is 16.2. The van der Waals surface area contributed by atoms with Gasteiger partial charge in [-0.15, -0.1) is 0 Å². The number of hydrogen-bond acceptors (Lipinski definition) is 4. The maximum Gasteiger partial charge on any atom is 0.251 e. The van der Waals surface area contributed by atoms with Gasteiger partial charge in [0.1, 0.15) is 12.7 Å². The van der Waals surface area contributed by atoms with Crippen molar-refractivity contribution >= 4 is 17.5 Å². The van der Waals surface area contributed by atoms with Crippen molar-refractivity contribution in [1.29, 1.82) is 0 Å². The summed E-state index contributed by atoms with van der Waals surface area (Å²) < 4.78 is 1.67. The average Bonchev–Trinajstić information content (AvgIpc) is 3.19. The molecule has 7 nitrogen and oxygen atoms in total. The SMILES string of the molecule is C[C@@H](Cn1cncn1)NC(=O)c1ccc(N2CCCC2=O)cc1. The summed E-state index contributed by atoms with van der Waals surface area (Å²) in [7, 11) is 0. The molecule has 0 aliphatic carbocycles. The Morgan fingerprint density at radius 2 is 2.13 bits per heavy atom. The highest BCUT2D eigenvalue weighted by Gasteiger charge is 2.21. The summed E-state index contributed by atoms with van der Waals surface area (Å²) in [5.41, 5.74) is 1.42. The van der Waals surface area contributed by atoms with Gasteiger partial charge in [-0.25, -0.2) is 4.98 Å². The van der Waals surface area contributed by atoms with Gasteiger partial charge in [0.05, 0.1) is 6.54 Å². The second kappa shape index (κ2) is 6.60. The molecule has 1 aromatic heterocycles. The van der Waals surface area contributed by atoms with Gasteiger partial charge < -0.3 is 10.2 Å². The second-order valence-electron chi connectivity index (χ2n) is 5.69. The van der Waals surface area contributed by atoms with E-state index in [9.17, 15) is 9.59 Å². The normalized spacial score (nSPS) is 15.7. The Bertz CT molecular complexity index is 681. The number of carbonyl (C=O) groups excluding carboxylic acids is 2. The van der Waals surface area contributed by atoms with E-state index < -0.39 is 0 Å². The number of carbonyl (C=O) groups is 2. The van der Waals surface area contributed by atoms with Crippen LogP contribution in [0.4, 0.5) is 5.69 Å². The number of nitrogens with zero attached hydrogens (tertiary/aromatic N) is 4. The van der Waals surface area contributed by atoms with Gasteiger partial charge in [-0.1, -0.05) is 0 Å². The third-order valence-corrected chi connectivity index (χ3v) is 3.82. The summed E-state index contributed by atoms with van der Waals surface area (Å²) in [5.74, 6) is 0.000527. The van der Waals surface area contributed by atoms with Crippen LogP contribution >= 0.6 is 0 Å². The Morgan fingerprint density at radius 1 is 1.35 bits per heavy atom. The Kier molecular flexibility index (Phi) is 4.36. The van der Waals surface area contributed by atoms with E-state index in [-0.39, 0.29) is 17.9 Å². The second-order valence-corrected chi connectivity index (χ2v) is 5.69. The van der Waals surface area contributed by atoms with E-state index in [0.717, 1.165) is 18.7 Å². The first-order valence-electron chi connectivity index (χ1n) is 7.67. The quantitative estimate of drug-likeness (QED) is 0.900. The number of nitrogens with one attached hydrogen (secondary N) is 1. The number of amides is 2. The Hall–Kier alpha value is -2.70. The molecule has 0 bridgehead atoms. The van der Waals surface area contributed by atoms with Crippen molar-refractivity contribution in [2.24, 2.45) is 0 Å². The van der Waals surface area contributed by atoms with Gasteiger partial charge in [-0.3, -0.25) is 14.3 Å². The van der Waals surface area contributed by atoms with Crippen LogP contribution in [-0.4, -0.2) is 39.2 Å². The molecule has 1 fully saturated rings. The molecule has 1 aromatic carbocycles. The maximum absolute atomic E-state index is 12.2. The van der Waals surface area contributed by atoms with Gasteiger partial charge in [0.25, 0.3) is 5.91 Å². The maximum atomic E-state index is 12.2. The van der Waals surface area contributed by atoms with Crippen LogP contribution in [0.5, 0.6) is 0 Å². The fraction of sp³-hybridized carbons (Fsp3) is 0.375. The molecule has 3 rings (SSSR count). The lowest BCUT2D eigenvalue weighted by Gasteiger charge is -2.17. The van der Waals surface area contributed by atoms with Gasteiger partial charge in [-0.2, -0.15) is 5.10 Å². The molecule has 2 aromatic rings. The van der Waals surface area contributed by atoms with E-state index >= 15 is 0 Å². The van der Waals surface area contributed by atoms with Crippen molar-refractivity contribution in [3.05, 3.63) is 42.5 Å². The molecule has 0 saturated carbocycles. The molecule has 1 N–H and O–H groups in total. The predicted octanol–water partition coefficient (Wildman–Crippen LogP) is 1.22. The lowest BCUT2D eigenvalue weighted by Crippen LogP contribution is -2.35. The Labute approximate surface area is 134 Å². The van der Waals surface area contributed by atoms with Crippen LogP contribution in [0, 0.1) is 0 Å². The van der Waals surface area contributed by atoms with Crippen molar-refractivity contribution in [2.75, 3.05) is 11.4 Å². The summed E-state index contributed by atoms with van der Waals surface area (Å²) in [6.07, 6.45) is 4.57. The van der Waals surface area contributed by atoms with Gasteiger partial charge in [-0.05, 0) is 37.6 Å². The minimum Gasteiger partial charge on any atom is -0.348 e. The third kappa shape index (κ3) is 3.56. The van der Waals surface area contributed by atoms with E-state index in [2.05, 4.69) is 15.4 Å². The molecule has 0 radical (unpaired) electrons. The van der Waals surface area contributed by atoms with E-state index in [0.29, 0.717) is 18.5 Å². The fourth-order valence-electron chi connectivity index (χ4n) is 2.67. The van der Waals surface area contributed by atoms with Gasteiger partial charge in [0.15, 0.2) is 0 Å². The monoisotopic (exact) mass is 313 g/mol. The number of anilines is 1. The van der Waals surface area contributed by atoms with E-state index in [1.165, 1.54) is 6.33 Å². The highest BCUT2D eigenvalue weighted by Crippen LogP contribution is 2.21. The largest absolute Gasteiger partial charge is 0.348 e. The van der Waals surface area contributed by atoms with E-state index in [4.69, 9.17) is 0 Å². The van der Waals surface area contributed by atoms with Crippen LogP contribution in [0.1, 0.15) is 30.1 Å². The Morgan fingerprint density at radius 3 is 2.74 bits per heavy atom. The molecule has 2 heterocycles. The first-order chi connectivity index (χ1) is 11.1. The first-order valence-corrected chi connectivity index (χ1v) is 7.67. The molecule has 7 heteroatoms. The molecule has 1 aliphatic rings. The zero-order valence-electron chi connectivity index (χ0n) is 13.0. The standard InChI is InChI=1S/C16H19N5O2/c1-12(9-20-11-17-10-18-20)19-16(23)13-4-6-14(7-5-13)21-8-2-3-15(21)22/h4-7,10-12H,2-3,8-9H2,1H3,(H,19,23)/t12-/m0/s1. The van der Waals surface area contributed by atoms with Crippen molar-refractivity contribution in [3.8, 4) is 0 Å². The summed E-state index contributed by atoms with van der Waals surface area (Å²) >= 11 is 0. The van der Waals surface area contributed by atoms with E-state index in [1.54, 1.807) is 28.0 Å². The molecule has 1 atom stereocenters. The van der Waals surface area contributed by atoms with Crippen LogP contribution in [-0.2, 0) is 11.3 Å². The molecule has 120 valence electrons. The van der Waals surface area contributed by atoms with Crippen molar-refractivity contribution in [2.45, 2.75) is 32.4 Å². The predicted molar refractivity (Wildman–Crippen MR) is 85.0 cm³/mol. The molecule has 0 unspecified atom stereocenters. The third-order valence-electron chi connectivity index (χ3n) is 3.82. The molecule has 1 aliphatic heterocycles. The molecule has 2 amide bonds. The summed E-state index contributed by atoms with van der Waals surface area (Å²) in [5, 5.41) is 6.94. The minimum absolute atomic E-state index is 0.0657. The molecule has 23 heavy (non-hydrogen) atoms. The number of benzene rings is 1. The van der Waals surface area contributed by atoms with Gasteiger partial charge in [0, 0.05) is 30.3 Å². The van der Waals surface area contributed by atoms with Crippen LogP contribution < -0.4 is 10.2 Å². The number of aromatic nitrogens is 3. The van der Waals surface area contributed by atoms with Gasteiger partial charge >= 0.3 is 0 Å². The molecule has 0 spiro atoms. The molecular formula is C16H19N5O2. The lowest BCUT2D eigenvalue weighted by molar-refractivity contribution is -0.117. The minimum atomic E-state index is -0.142. The molecular weight excluding hydrogens is 294 g/mol. The van der Waals surface area contributed by atoms with Crippen LogP contribution in [0.15, 0.2) is 36.9 Å². The smallest absolute Gasteiger partial charge is 0.251 e. The van der Waals surface area contributed by atoms with Crippen LogP contribution in [0.25, 0.3) is 0 Å². The fourth-order valence-corrected chi connectivity index (χ4v) is 2.67. The number of hydrogen-bond donors (Lipinski definition) is 1. The highest BCUT2D eigenvalue weighted by molar-refractivity contribution is 5.97. The van der Waals surface area contributed by atoms with Crippen molar-refractivity contribution in [1.82, 2.24) is 20.1 Å². The number of rotatable bonds is 5. The topological polar surface area (TPSA) is 80.1 Å². The zero-order valence-corrected chi connectivity index (χ0v) is 13.0. The first kappa shape index (κ1) is 15.2. The van der Waals surface area contributed by atoms with Crippen molar-refractivity contribution in [3.63, 3.8) is 0 Å². The van der Waals surface area contributed by atoms with Gasteiger partial charge in [0.2, 0.25) is 5.91 Å². The summed E-state index contributed by atoms with van der Waals surface area (Å²) in [6.45, 7) is 3.22. The van der Waals surface area contributed by atoms with Crippen molar-refractivity contribution < 1.29 is 9.59 Å². The molecule has 1 saturated heterocycles.